The van der Waals surface area contributed by atoms with Crippen LogP contribution in [0.1, 0.15) is 44.3 Å². The highest BCUT2D eigenvalue weighted by molar-refractivity contribution is 9.10. The van der Waals surface area contributed by atoms with Crippen molar-refractivity contribution < 1.29 is 4.74 Å². The maximum Gasteiger partial charge on any atom is 0.0888 e. The summed E-state index contributed by atoms with van der Waals surface area (Å²) in [4.78, 5) is 0. The van der Waals surface area contributed by atoms with Gasteiger partial charge in [-0.3, -0.25) is 4.68 Å². The molecule has 0 aromatic carbocycles. The number of aryl methyl sites for hydroxylation is 1. The lowest BCUT2D eigenvalue weighted by molar-refractivity contribution is -0.0763. The van der Waals surface area contributed by atoms with Crippen LogP contribution in [0.25, 0.3) is 0 Å². The zero-order valence-electron chi connectivity index (χ0n) is 12.2. The minimum absolute atomic E-state index is 0.127. The normalized spacial score (nSPS) is 29.4. The average molecular weight is 330 g/mol. The molecule has 4 nitrogen and oxygen atoms in total. The third kappa shape index (κ3) is 2.73. The molecule has 1 aliphatic rings. The zero-order chi connectivity index (χ0) is 14.0. The molecule has 1 aromatic rings. The van der Waals surface area contributed by atoms with Crippen molar-refractivity contribution in [2.75, 3.05) is 14.2 Å². The fraction of sp³-hybridized carbons (Fsp3) is 0.786. The van der Waals surface area contributed by atoms with Gasteiger partial charge in [0.2, 0.25) is 0 Å². The summed E-state index contributed by atoms with van der Waals surface area (Å²) >= 11 is 3.61. The Morgan fingerprint density at radius 3 is 2.58 bits per heavy atom. The van der Waals surface area contributed by atoms with E-state index in [1.165, 1.54) is 18.5 Å². The van der Waals surface area contributed by atoms with Gasteiger partial charge in [0.25, 0.3) is 0 Å². The average Bonchev–Trinajstić information content (AvgIpc) is 2.74. The van der Waals surface area contributed by atoms with Crippen LogP contribution in [0, 0.1) is 5.92 Å². The molecule has 0 aliphatic heterocycles. The summed E-state index contributed by atoms with van der Waals surface area (Å²) in [6.45, 7) is 2.33. The van der Waals surface area contributed by atoms with Gasteiger partial charge in [-0.1, -0.05) is 6.92 Å². The Hall–Kier alpha value is -0.390. The van der Waals surface area contributed by atoms with Crippen LogP contribution in [0.5, 0.6) is 0 Å². The number of nitrogens with zero attached hydrogens (tertiary/aromatic N) is 2. The lowest BCUT2D eigenvalue weighted by Crippen LogP contribution is -2.47. The summed E-state index contributed by atoms with van der Waals surface area (Å²) in [5.41, 5.74) is 1.04. The topological polar surface area (TPSA) is 39.1 Å². The van der Waals surface area contributed by atoms with Crippen molar-refractivity contribution in [2.24, 2.45) is 13.0 Å². The lowest BCUT2D eigenvalue weighted by atomic mass is 9.74. The number of likely N-dealkylation sites (N-methyl/N-ethyl adjacent to an activating group) is 1. The molecule has 5 heteroatoms. The Kier molecular flexibility index (Phi) is 4.69. The van der Waals surface area contributed by atoms with Crippen LogP contribution in [0.3, 0.4) is 0 Å². The predicted octanol–water partition coefficient (Wildman–Crippen LogP) is 3.04. The monoisotopic (exact) mass is 329 g/mol. The maximum absolute atomic E-state index is 5.99. The van der Waals surface area contributed by atoms with Crippen LogP contribution in [-0.4, -0.2) is 29.5 Å². The van der Waals surface area contributed by atoms with Gasteiger partial charge in [0.15, 0.2) is 0 Å². The summed E-state index contributed by atoms with van der Waals surface area (Å²) in [6, 6.07) is 0.159. The Labute approximate surface area is 124 Å². The number of methoxy groups -OCH3 is 1. The Balaban J connectivity index is 2.34. The van der Waals surface area contributed by atoms with Crippen LogP contribution < -0.4 is 5.32 Å². The van der Waals surface area contributed by atoms with Crippen LogP contribution in [0.2, 0.25) is 0 Å². The van der Waals surface area contributed by atoms with E-state index in [1.54, 1.807) is 0 Å². The minimum Gasteiger partial charge on any atom is -0.376 e. The van der Waals surface area contributed by atoms with Crippen molar-refractivity contribution in [3.8, 4) is 0 Å². The Bertz CT molecular complexity index is 405. The quantitative estimate of drug-likeness (QED) is 0.922. The van der Waals surface area contributed by atoms with Gasteiger partial charge in [-0.15, -0.1) is 0 Å². The van der Waals surface area contributed by atoms with E-state index in [9.17, 15) is 0 Å². The second kappa shape index (κ2) is 5.94. The molecule has 2 rings (SSSR count). The van der Waals surface area contributed by atoms with E-state index in [-0.39, 0.29) is 11.6 Å². The van der Waals surface area contributed by atoms with Gasteiger partial charge in [-0.25, -0.2) is 0 Å². The van der Waals surface area contributed by atoms with E-state index >= 15 is 0 Å². The summed E-state index contributed by atoms with van der Waals surface area (Å²) in [5, 5.41) is 7.78. The molecular formula is C14H24BrN3O. The van der Waals surface area contributed by atoms with E-state index in [0.29, 0.717) is 0 Å². The molecule has 0 radical (unpaired) electrons. The first-order chi connectivity index (χ1) is 9.04. The van der Waals surface area contributed by atoms with Crippen molar-refractivity contribution in [1.29, 1.82) is 0 Å². The molecule has 1 N–H and O–H groups in total. The SMILES string of the molecule is CNC(c1c(Br)cnn1C)C1(OC)CCC(C)CC1. The fourth-order valence-electron chi connectivity index (χ4n) is 3.26. The van der Waals surface area contributed by atoms with Crippen LogP contribution in [0.4, 0.5) is 0 Å². The van der Waals surface area contributed by atoms with Gasteiger partial charge < -0.3 is 10.1 Å². The van der Waals surface area contributed by atoms with Crippen molar-refractivity contribution in [3.05, 3.63) is 16.4 Å². The van der Waals surface area contributed by atoms with Gasteiger partial charge in [0.05, 0.1) is 28.0 Å². The lowest BCUT2D eigenvalue weighted by Gasteiger charge is -2.44. The first kappa shape index (κ1) is 15.0. The standard InChI is InChI=1S/C14H24BrN3O/c1-10-5-7-14(19-4,8-6-10)13(16-2)12-11(15)9-17-18(12)3/h9-10,13,16H,5-8H2,1-4H3. The highest BCUT2D eigenvalue weighted by Gasteiger charge is 2.43. The molecule has 0 bridgehead atoms. The number of halogens is 1. The van der Waals surface area contributed by atoms with Crippen molar-refractivity contribution in [1.82, 2.24) is 15.1 Å². The molecule has 1 saturated carbocycles. The van der Waals surface area contributed by atoms with E-state index in [2.05, 4.69) is 33.3 Å². The third-order valence-corrected chi connectivity index (χ3v) is 5.16. The van der Waals surface area contributed by atoms with Crippen molar-refractivity contribution in [2.45, 2.75) is 44.2 Å². The molecule has 1 aromatic heterocycles. The molecule has 19 heavy (non-hydrogen) atoms. The molecule has 1 heterocycles. The summed E-state index contributed by atoms with van der Waals surface area (Å²) in [5.74, 6) is 0.802. The Morgan fingerprint density at radius 2 is 2.16 bits per heavy atom. The van der Waals surface area contributed by atoms with E-state index in [0.717, 1.165) is 23.2 Å². The van der Waals surface area contributed by atoms with E-state index in [4.69, 9.17) is 4.74 Å². The maximum atomic E-state index is 5.99. The van der Waals surface area contributed by atoms with Crippen LogP contribution in [-0.2, 0) is 11.8 Å². The minimum atomic E-state index is -0.127. The zero-order valence-corrected chi connectivity index (χ0v) is 13.8. The number of hydrogen-bond donors (Lipinski definition) is 1. The third-order valence-electron chi connectivity index (χ3n) is 4.55. The Morgan fingerprint density at radius 1 is 1.53 bits per heavy atom. The second-order valence-corrected chi connectivity index (χ2v) is 6.53. The molecule has 108 valence electrons. The predicted molar refractivity (Wildman–Crippen MR) is 80.1 cm³/mol. The molecule has 1 unspecified atom stereocenters. The molecule has 1 aliphatic carbocycles. The highest BCUT2D eigenvalue weighted by Crippen LogP contribution is 2.44. The number of aromatic nitrogens is 2. The number of hydrogen-bond acceptors (Lipinski definition) is 3. The molecule has 1 atom stereocenters. The molecule has 0 amide bonds. The summed E-state index contributed by atoms with van der Waals surface area (Å²) in [6.07, 6.45) is 6.49. The first-order valence-electron chi connectivity index (χ1n) is 6.94. The van der Waals surface area contributed by atoms with Gasteiger partial charge in [-0.05, 0) is 54.6 Å². The number of rotatable bonds is 4. The summed E-state index contributed by atoms with van der Waals surface area (Å²) < 4.78 is 8.97. The largest absolute Gasteiger partial charge is 0.376 e. The molecule has 1 fully saturated rings. The number of ether oxygens (including phenoxy) is 1. The molecule has 0 saturated heterocycles. The van der Waals surface area contributed by atoms with Crippen LogP contribution >= 0.6 is 15.9 Å². The molecular weight excluding hydrogens is 306 g/mol. The highest BCUT2D eigenvalue weighted by atomic mass is 79.9. The first-order valence-corrected chi connectivity index (χ1v) is 7.73. The van der Waals surface area contributed by atoms with Crippen LogP contribution in [0.15, 0.2) is 10.7 Å². The fourth-order valence-corrected chi connectivity index (χ4v) is 3.83. The number of nitrogens with one attached hydrogen (secondary N) is 1. The second-order valence-electron chi connectivity index (χ2n) is 5.67. The summed E-state index contributed by atoms with van der Waals surface area (Å²) in [7, 11) is 5.83. The van der Waals surface area contributed by atoms with E-state index in [1.807, 2.05) is 32.1 Å². The smallest absolute Gasteiger partial charge is 0.0888 e. The van der Waals surface area contributed by atoms with Gasteiger partial charge in [0.1, 0.15) is 0 Å². The van der Waals surface area contributed by atoms with Crippen molar-refractivity contribution >= 4 is 15.9 Å². The van der Waals surface area contributed by atoms with Gasteiger partial charge >= 0.3 is 0 Å². The molecule has 0 spiro atoms. The van der Waals surface area contributed by atoms with Crippen molar-refractivity contribution in [3.63, 3.8) is 0 Å². The van der Waals surface area contributed by atoms with Gasteiger partial charge in [0, 0.05) is 14.2 Å². The van der Waals surface area contributed by atoms with E-state index < -0.39 is 0 Å². The van der Waals surface area contributed by atoms with Gasteiger partial charge in [-0.2, -0.15) is 5.10 Å².